The molecule has 3 fully saturated rings. The summed E-state index contributed by atoms with van der Waals surface area (Å²) in [7, 11) is -4.14. The van der Waals surface area contributed by atoms with E-state index in [4.69, 9.17) is 14.9 Å². The van der Waals surface area contributed by atoms with Crippen molar-refractivity contribution in [3.8, 4) is 22.5 Å². The first kappa shape index (κ1) is 41.0. The van der Waals surface area contributed by atoms with Gasteiger partial charge in [0.05, 0.1) is 17.2 Å². The Morgan fingerprint density at radius 3 is 2.34 bits per heavy atom. The Bertz CT molecular complexity index is 2210. The van der Waals surface area contributed by atoms with Crippen LogP contribution in [-0.4, -0.2) is 94.1 Å². The highest BCUT2D eigenvalue weighted by molar-refractivity contribution is 7.91. The number of aromatic nitrogens is 3. The highest BCUT2D eigenvalue weighted by atomic mass is 32.2. The lowest BCUT2D eigenvalue weighted by Gasteiger charge is -2.35. The fourth-order valence-corrected chi connectivity index (χ4v) is 9.09. The van der Waals surface area contributed by atoms with Crippen molar-refractivity contribution in [3.63, 3.8) is 0 Å². The molecule has 1 saturated heterocycles. The summed E-state index contributed by atoms with van der Waals surface area (Å²) in [5.74, 6) is -4.49. The Morgan fingerprint density at radius 2 is 1.69 bits per heavy atom. The average molecular weight is 822 g/mol. The van der Waals surface area contributed by atoms with Gasteiger partial charge in [-0.15, -0.1) is 0 Å². The number of cyclic esters (lactones) is 1. The lowest BCUT2D eigenvalue weighted by Crippen LogP contribution is -2.60. The van der Waals surface area contributed by atoms with Crippen LogP contribution in [-0.2, 0) is 29.1 Å². The Morgan fingerprint density at radius 1 is 1.00 bits per heavy atom. The first-order valence-corrected chi connectivity index (χ1v) is 21.2. The fraction of sp³-hybridized carbons (Fsp3) is 0.512. The molecule has 0 spiro atoms. The summed E-state index contributed by atoms with van der Waals surface area (Å²) in [5, 5.41) is 14.2. The summed E-state index contributed by atoms with van der Waals surface area (Å²) >= 11 is 0. The maximum atomic E-state index is 14.7. The molecular formula is C41H49F2N7O7S. The monoisotopic (exact) mass is 821 g/mol. The van der Waals surface area contributed by atoms with Crippen LogP contribution in [0, 0.1) is 11.3 Å². The Hall–Kier alpha value is -5.19. The second kappa shape index (κ2) is 15.9. The van der Waals surface area contributed by atoms with Gasteiger partial charge in [-0.3, -0.25) is 19.1 Å². The molecule has 14 nitrogen and oxygen atoms in total. The van der Waals surface area contributed by atoms with E-state index in [1.165, 1.54) is 9.70 Å². The summed E-state index contributed by atoms with van der Waals surface area (Å²) < 4.78 is 61.5. The van der Waals surface area contributed by atoms with Crippen LogP contribution in [0.15, 0.2) is 60.7 Å². The van der Waals surface area contributed by atoms with Crippen LogP contribution < -0.4 is 15.4 Å². The minimum absolute atomic E-state index is 0.0987. The molecule has 2 aromatic carbocycles. The zero-order chi connectivity index (χ0) is 41.6. The molecule has 3 aromatic rings. The third kappa shape index (κ3) is 8.64. The van der Waals surface area contributed by atoms with E-state index in [2.05, 4.69) is 16.7 Å². The molecule has 2 aliphatic heterocycles. The van der Waals surface area contributed by atoms with Crippen molar-refractivity contribution in [2.24, 2.45) is 11.3 Å². The van der Waals surface area contributed by atoms with Crippen LogP contribution in [0.1, 0.15) is 84.2 Å². The van der Waals surface area contributed by atoms with Crippen molar-refractivity contribution >= 4 is 39.9 Å². The maximum absolute atomic E-state index is 14.7. The molecule has 4 aliphatic rings. The van der Waals surface area contributed by atoms with Gasteiger partial charge in [0.25, 0.3) is 5.91 Å². The lowest BCUT2D eigenvalue weighted by atomic mass is 9.85. The smallest absolute Gasteiger partial charge is 0.408 e. The molecule has 17 heteroatoms. The van der Waals surface area contributed by atoms with Gasteiger partial charge in [0, 0.05) is 24.1 Å². The van der Waals surface area contributed by atoms with Gasteiger partial charge in [-0.2, -0.15) is 15.0 Å². The number of benzene rings is 2. The standard InChI is InChI=1S/C41H49F2N7O7S/c1-24-12-7-5-8-13-25-14-11-17-27(20-25)33-32(26-15-9-6-10-16-26)46-50(47-33)28-21-31(49(23-28)37(52)34(40(2,3)4)44-39(54)57-24)36(51)45-41(22-30(41)35(42)43)38(53)48-58(55,56)29-18-19-29/h6,8-11,13-17,20,24,28-31,34-35H,5,7,12,18-19,21-23H2,1-4H3,(H,44,54)(H,45,51)(H,48,53)/b13-8+/t24-,28?,30-,31-,34+,41-/m0/s1. The third-order valence-electron chi connectivity index (χ3n) is 11.3. The third-order valence-corrected chi connectivity index (χ3v) is 13.1. The molecule has 1 unspecified atom stereocenters. The van der Waals surface area contributed by atoms with E-state index in [9.17, 15) is 36.4 Å². The van der Waals surface area contributed by atoms with Crippen LogP contribution >= 0.6 is 0 Å². The number of rotatable bonds is 7. The van der Waals surface area contributed by atoms with Crippen molar-refractivity contribution in [2.45, 2.75) is 114 Å². The second-order valence-corrected chi connectivity index (χ2v) is 18.8. The number of carbonyl (C=O) groups is 4. The number of alkyl carbamates (subject to hydrolysis) is 1. The number of carbonyl (C=O) groups excluding carboxylic acids is 4. The summed E-state index contributed by atoms with van der Waals surface area (Å²) in [6, 6.07) is 13.9. The molecule has 7 rings (SSSR count). The number of halogens is 2. The van der Waals surface area contributed by atoms with Gasteiger partial charge >= 0.3 is 6.09 Å². The Labute approximate surface area is 336 Å². The van der Waals surface area contributed by atoms with Crippen molar-refractivity contribution in [1.82, 2.24) is 35.2 Å². The molecule has 6 bridgehead atoms. The van der Waals surface area contributed by atoms with E-state index in [-0.39, 0.29) is 13.0 Å². The van der Waals surface area contributed by atoms with Crippen molar-refractivity contribution < 1.29 is 41.1 Å². The number of fused-ring (bicyclic) bond motifs is 8. The molecule has 3 N–H and O–H groups in total. The number of hydrogen-bond acceptors (Lipinski definition) is 9. The highest BCUT2D eigenvalue weighted by Gasteiger charge is 2.67. The van der Waals surface area contributed by atoms with Crippen molar-refractivity contribution in [3.05, 3.63) is 66.2 Å². The van der Waals surface area contributed by atoms with Gasteiger partial charge in [-0.25, -0.2) is 22.0 Å². The van der Waals surface area contributed by atoms with Crippen LogP contribution in [0.3, 0.4) is 0 Å². The van der Waals surface area contributed by atoms with E-state index in [1.54, 1.807) is 27.7 Å². The van der Waals surface area contributed by atoms with E-state index < -0.39 is 93.0 Å². The topological polar surface area (TPSA) is 182 Å². The maximum Gasteiger partial charge on any atom is 0.408 e. The first-order valence-electron chi connectivity index (χ1n) is 19.7. The molecule has 58 heavy (non-hydrogen) atoms. The minimum atomic E-state index is -4.14. The fourth-order valence-electron chi connectivity index (χ4n) is 7.72. The van der Waals surface area contributed by atoms with Crippen molar-refractivity contribution in [2.75, 3.05) is 6.54 Å². The normalized spacial score (nSPS) is 27.3. The number of nitrogens with one attached hydrogen (secondary N) is 3. The Kier molecular flexibility index (Phi) is 11.2. The molecule has 2 saturated carbocycles. The number of hydrogen-bond donors (Lipinski definition) is 3. The number of nitrogens with zero attached hydrogens (tertiary/aromatic N) is 4. The van der Waals surface area contributed by atoms with Crippen LogP contribution in [0.4, 0.5) is 13.6 Å². The predicted octanol–water partition coefficient (Wildman–Crippen LogP) is 5.23. The van der Waals surface area contributed by atoms with Gasteiger partial charge in [-0.05, 0) is 62.5 Å². The zero-order valence-corrected chi connectivity index (χ0v) is 33.7. The van der Waals surface area contributed by atoms with Gasteiger partial charge in [-0.1, -0.05) is 81.5 Å². The van der Waals surface area contributed by atoms with E-state index in [1.807, 2.05) is 65.4 Å². The number of amides is 4. The summed E-state index contributed by atoms with van der Waals surface area (Å²) in [6.45, 7) is 6.86. The van der Waals surface area contributed by atoms with E-state index in [0.717, 1.165) is 29.5 Å². The Balaban J connectivity index is 1.29. The van der Waals surface area contributed by atoms with Gasteiger partial charge in [0.2, 0.25) is 28.3 Å². The molecule has 3 heterocycles. The lowest BCUT2D eigenvalue weighted by molar-refractivity contribution is -0.143. The number of allylic oxidation sites excluding steroid dienone is 1. The quantitative estimate of drug-likeness (QED) is 0.288. The minimum Gasteiger partial charge on any atom is -0.447 e. The van der Waals surface area contributed by atoms with Crippen LogP contribution in [0.25, 0.3) is 28.6 Å². The van der Waals surface area contributed by atoms with Crippen LogP contribution in [0.5, 0.6) is 0 Å². The zero-order valence-electron chi connectivity index (χ0n) is 32.9. The summed E-state index contributed by atoms with van der Waals surface area (Å²) in [5.41, 5.74) is 0.457. The van der Waals surface area contributed by atoms with Gasteiger partial charge in [0.1, 0.15) is 35.1 Å². The van der Waals surface area contributed by atoms with Gasteiger partial charge < -0.3 is 20.3 Å². The molecule has 4 amide bonds. The van der Waals surface area contributed by atoms with E-state index in [0.29, 0.717) is 30.7 Å². The van der Waals surface area contributed by atoms with E-state index >= 15 is 0 Å². The summed E-state index contributed by atoms with van der Waals surface area (Å²) in [6.07, 6.45) is 1.78. The second-order valence-electron chi connectivity index (χ2n) is 16.9. The van der Waals surface area contributed by atoms with Crippen LogP contribution in [0.2, 0.25) is 0 Å². The SMILES string of the molecule is C[C@H]1CCC/C=C/c2cccc(c2)-c2nn(nc2-c2ccccc2)C2C[C@@H](C(=O)N[C@@]3(C(=O)NS(=O)(=O)C4CC4)C[C@H]3C(F)F)N(C2)C(=O)[C@H](C(C)(C)C)NC(=O)O1. The molecule has 1 aromatic heterocycles. The molecular weight excluding hydrogens is 773 g/mol. The molecule has 6 atom stereocenters. The highest BCUT2D eigenvalue weighted by Crippen LogP contribution is 2.49. The number of sulfonamides is 1. The molecule has 310 valence electrons. The molecule has 0 radical (unpaired) electrons. The number of alkyl halides is 2. The number of ether oxygens (including phenoxy) is 1. The summed E-state index contributed by atoms with van der Waals surface area (Å²) in [4.78, 5) is 58.7. The van der Waals surface area contributed by atoms with Crippen molar-refractivity contribution in [1.29, 1.82) is 0 Å². The van der Waals surface area contributed by atoms with Gasteiger partial charge in [0.15, 0.2) is 0 Å². The largest absolute Gasteiger partial charge is 0.447 e. The first-order chi connectivity index (χ1) is 27.5. The molecule has 2 aliphatic carbocycles. The average Bonchev–Trinajstić information content (AvgIpc) is 4.06. The predicted molar refractivity (Wildman–Crippen MR) is 210 cm³/mol.